The van der Waals surface area contributed by atoms with Crippen LogP contribution in [-0.4, -0.2) is 32.4 Å². The second-order valence-corrected chi connectivity index (χ2v) is 6.57. The van der Waals surface area contributed by atoms with E-state index in [0.29, 0.717) is 5.92 Å². The molecule has 19 heavy (non-hydrogen) atoms. The van der Waals surface area contributed by atoms with E-state index >= 15 is 0 Å². The number of carbonyl (C=O) groups is 1. The molecular weight excluding hydrogens is 275 g/mol. The first-order valence-electron chi connectivity index (χ1n) is 5.69. The first kappa shape index (κ1) is 13.8. The summed E-state index contributed by atoms with van der Waals surface area (Å²) in [5.41, 5.74) is -0.370. The molecule has 0 bridgehead atoms. The first-order chi connectivity index (χ1) is 8.80. The van der Waals surface area contributed by atoms with E-state index in [2.05, 4.69) is 0 Å². The van der Waals surface area contributed by atoms with Crippen LogP contribution in [0.2, 0.25) is 0 Å². The summed E-state index contributed by atoms with van der Waals surface area (Å²) in [5, 5.41) is 8.97. The van der Waals surface area contributed by atoms with Crippen molar-refractivity contribution in [3.63, 3.8) is 0 Å². The van der Waals surface area contributed by atoms with Crippen LogP contribution >= 0.6 is 0 Å². The van der Waals surface area contributed by atoms with E-state index in [4.69, 9.17) is 9.84 Å². The molecule has 2 rings (SSSR count). The van der Waals surface area contributed by atoms with E-state index in [-0.39, 0.29) is 12.2 Å². The number of halogens is 1. The molecule has 0 atom stereocenters. The fraction of sp³-hybridized carbons (Fsp3) is 0.417. The van der Waals surface area contributed by atoms with Crippen molar-refractivity contribution in [2.24, 2.45) is 5.92 Å². The second-order valence-electron chi connectivity index (χ2n) is 4.59. The molecule has 1 aliphatic carbocycles. The molecule has 0 saturated heterocycles. The SMILES string of the molecule is CS(=O)(=O)c1ccc(C(=O)O)c(OCC2CC2)c1F. The lowest BCUT2D eigenvalue weighted by Crippen LogP contribution is -2.11. The highest BCUT2D eigenvalue weighted by Gasteiger charge is 2.27. The standard InChI is InChI=1S/C12H13FO5S/c1-19(16,17)9-5-4-8(12(14)15)11(10(9)13)18-6-7-2-3-7/h4-5,7H,2-3,6H2,1H3,(H,14,15). The van der Waals surface area contributed by atoms with Crippen molar-refractivity contribution >= 4 is 15.8 Å². The molecule has 0 spiro atoms. The Morgan fingerprint density at radius 2 is 2.11 bits per heavy atom. The molecule has 0 heterocycles. The Balaban J connectivity index is 2.46. The average molecular weight is 288 g/mol. The van der Waals surface area contributed by atoms with Crippen LogP contribution in [0.3, 0.4) is 0 Å². The largest absolute Gasteiger partial charge is 0.489 e. The summed E-state index contributed by atoms with van der Waals surface area (Å²) < 4.78 is 42.1. The van der Waals surface area contributed by atoms with Crippen molar-refractivity contribution in [3.8, 4) is 5.75 Å². The Bertz CT molecular complexity index is 619. The van der Waals surface area contributed by atoms with E-state index in [1.165, 1.54) is 0 Å². The van der Waals surface area contributed by atoms with E-state index in [9.17, 15) is 17.6 Å². The predicted octanol–water partition coefficient (Wildman–Crippen LogP) is 1.72. The maximum atomic E-state index is 14.1. The van der Waals surface area contributed by atoms with Gasteiger partial charge in [0.25, 0.3) is 0 Å². The lowest BCUT2D eigenvalue weighted by molar-refractivity contribution is 0.0690. The molecule has 1 aliphatic rings. The van der Waals surface area contributed by atoms with E-state index in [1.807, 2.05) is 0 Å². The number of hydrogen-bond acceptors (Lipinski definition) is 4. The third-order valence-corrected chi connectivity index (χ3v) is 3.97. The lowest BCUT2D eigenvalue weighted by atomic mass is 10.2. The summed E-state index contributed by atoms with van der Waals surface area (Å²) >= 11 is 0. The van der Waals surface area contributed by atoms with Gasteiger partial charge in [0.05, 0.1) is 6.61 Å². The van der Waals surface area contributed by atoms with Gasteiger partial charge in [-0.3, -0.25) is 0 Å². The third kappa shape index (κ3) is 3.04. The molecule has 0 amide bonds. The number of carboxylic acids is 1. The summed E-state index contributed by atoms with van der Waals surface area (Å²) in [7, 11) is -3.77. The minimum atomic E-state index is -3.77. The van der Waals surface area contributed by atoms with Crippen molar-refractivity contribution in [1.29, 1.82) is 0 Å². The van der Waals surface area contributed by atoms with Gasteiger partial charge in [-0.25, -0.2) is 17.6 Å². The van der Waals surface area contributed by atoms with Crippen LogP contribution in [-0.2, 0) is 9.84 Å². The minimum absolute atomic E-state index is 0.199. The van der Waals surface area contributed by atoms with Crippen LogP contribution in [0.5, 0.6) is 5.75 Å². The Morgan fingerprint density at radius 1 is 1.47 bits per heavy atom. The molecule has 0 radical (unpaired) electrons. The molecule has 1 fully saturated rings. The molecule has 1 aromatic rings. The number of aromatic carboxylic acids is 1. The summed E-state index contributed by atoms with van der Waals surface area (Å²) in [6.07, 6.45) is 2.77. The monoisotopic (exact) mass is 288 g/mol. The fourth-order valence-corrected chi connectivity index (χ4v) is 2.35. The summed E-state index contributed by atoms with van der Waals surface area (Å²) in [5.74, 6) is -2.70. The van der Waals surface area contributed by atoms with Crippen LogP contribution in [0, 0.1) is 11.7 Å². The maximum absolute atomic E-state index is 14.1. The van der Waals surface area contributed by atoms with Crippen molar-refractivity contribution in [2.75, 3.05) is 12.9 Å². The van der Waals surface area contributed by atoms with Crippen LogP contribution < -0.4 is 4.74 Å². The topological polar surface area (TPSA) is 80.7 Å². The van der Waals surface area contributed by atoms with Crippen molar-refractivity contribution in [3.05, 3.63) is 23.5 Å². The zero-order chi connectivity index (χ0) is 14.2. The number of benzene rings is 1. The van der Waals surface area contributed by atoms with Gasteiger partial charge in [-0.05, 0) is 30.9 Å². The third-order valence-electron chi connectivity index (χ3n) is 2.85. The highest BCUT2D eigenvalue weighted by atomic mass is 32.2. The van der Waals surface area contributed by atoms with Gasteiger partial charge >= 0.3 is 5.97 Å². The Hall–Kier alpha value is -1.63. The van der Waals surface area contributed by atoms with Gasteiger partial charge < -0.3 is 9.84 Å². The van der Waals surface area contributed by atoms with Crippen LogP contribution in [0.1, 0.15) is 23.2 Å². The number of hydrogen-bond donors (Lipinski definition) is 1. The molecule has 7 heteroatoms. The molecular formula is C12H13FO5S. The van der Waals surface area contributed by atoms with Gasteiger partial charge in [0, 0.05) is 6.26 Å². The molecule has 0 unspecified atom stereocenters. The van der Waals surface area contributed by atoms with Gasteiger partial charge in [-0.1, -0.05) is 0 Å². The van der Waals surface area contributed by atoms with Gasteiger partial charge in [-0.15, -0.1) is 0 Å². The highest BCUT2D eigenvalue weighted by Crippen LogP contribution is 2.33. The van der Waals surface area contributed by atoms with Gasteiger partial charge in [0.15, 0.2) is 21.4 Å². The normalized spacial score (nSPS) is 15.3. The Labute approximate surface area is 109 Å². The highest BCUT2D eigenvalue weighted by molar-refractivity contribution is 7.90. The maximum Gasteiger partial charge on any atom is 0.339 e. The van der Waals surface area contributed by atoms with E-state index in [0.717, 1.165) is 31.2 Å². The second kappa shape index (κ2) is 4.80. The molecule has 1 saturated carbocycles. The first-order valence-corrected chi connectivity index (χ1v) is 7.58. The lowest BCUT2D eigenvalue weighted by Gasteiger charge is -2.12. The summed E-state index contributed by atoms with van der Waals surface area (Å²) in [6.45, 7) is 0.199. The van der Waals surface area contributed by atoms with E-state index in [1.54, 1.807) is 0 Å². The molecule has 104 valence electrons. The molecule has 0 aliphatic heterocycles. The van der Waals surface area contributed by atoms with Crippen molar-refractivity contribution < 1.29 is 27.4 Å². The molecule has 5 nitrogen and oxygen atoms in total. The van der Waals surface area contributed by atoms with Crippen LogP contribution in [0.25, 0.3) is 0 Å². The minimum Gasteiger partial charge on any atom is -0.489 e. The van der Waals surface area contributed by atoms with Gasteiger partial charge in [0.1, 0.15) is 10.5 Å². The van der Waals surface area contributed by atoms with Gasteiger partial charge in [0.2, 0.25) is 0 Å². The number of sulfone groups is 1. The van der Waals surface area contributed by atoms with Crippen molar-refractivity contribution in [1.82, 2.24) is 0 Å². The van der Waals surface area contributed by atoms with Crippen LogP contribution in [0.4, 0.5) is 4.39 Å². The van der Waals surface area contributed by atoms with E-state index < -0.39 is 32.3 Å². The van der Waals surface area contributed by atoms with Crippen LogP contribution in [0.15, 0.2) is 17.0 Å². The number of ether oxygens (including phenoxy) is 1. The number of carboxylic acid groups (broad SMARTS) is 1. The zero-order valence-corrected chi connectivity index (χ0v) is 11.0. The predicted molar refractivity (Wildman–Crippen MR) is 64.7 cm³/mol. The van der Waals surface area contributed by atoms with Crippen molar-refractivity contribution in [2.45, 2.75) is 17.7 Å². The summed E-state index contributed by atoms with van der Waals surface area (Å²) in [4.78, 5) is 10.4. The van der Waals surface area contributed by atoms with Gasteiger partial charge in [-0.2, -0.15) is 0 Å². The smallest absolute Gasteiger partial charge is 0.339 e. The molecule has 0 aromatic heterocycles. The Kier molecular flexibility index (Phi) is 3.49. The molecule has 1 N–H and O–H groups in total. The zero-order valence-electron chi connectivity index (χ0n) is 10.2. The number of rotatable bonds is 5. The fourth-order valence-electron chi connectivity index (χ4n) is 1.62. The summed E-state index contributed by atoms with van der Waals surface area (Å²) in [6, 6.07) is 1.99. The average Bonchev–Trinajstić information content (AvgIpc) is 3.08. The Morgan fingerprint density at radius 3 is 2.58 bits per heavy atom. The quantitative estimate of drug-likeness (QED) is 0.892. The molecule has 1 aromatic carbocycles.